The second kappa shape index (κ2) is 11.2. The van der Waals surface area contributed by atoms with Gasteiger partial charge in [-0.15, -0.1) is 0 Å². The molecule has 0 aliphatic heterocycles. The number of halogens is 3. The van der Waals surface area contributed by atoms with Gasteiger partial charge < -0.3 is 9.84 Å². The standard InChI is InChI=1S/C27H28F3NO3/c1-3-4-7-24(34-22-14-10-19(18(2)17-22)11-15-25(32)33)26-23(6-5-16-31-26)20-8-12-21(13-9-20)27(28,29)30/h5-6,8-10,12-14,16-17,24H,3-4,7,11,15H2,1-2H3,(H,32,33)/t24-/m0/s1. The molecular weight excluding hydrogens is 443 g/mol. The molecule has 0 spiro atoms. The van der Waals surface area contributed by atoms with Crippen molar-refractivity contribution in [2.75, 3.05) is 0 Å². The zero-order valence-electron chi connectivity index (χ0n) is 19.2. The highest BCUT2D eigenvalue weighted by Gasteiger charge is 2.30. The summed E-state index contributed by atoms with van der Waals surface area (Å²) in [6.07, 6.45) is -0.0744. The predicted molar refractivity (Wildman–Crippen MR) is 125 cm³/mol. The normalized spacial score (nSPS) is 12.4. The molecule has 0 aliphatic carbocycles. The van der Waals surface area contributed by atoms with E-state index in [4.69, 9.17) is 9.84 Å². The van der Waals surface area contributed by atoms with Crippen LogP contribution in [0.15, 0.2) is 60.8 Å². The number of unbranched alkanes of at least 4 members (excludes halogenated alkanes) is 1. The van der Waals surface area contributed by atoms with Crippen molar-refractivity contribution in [3.8, 4) is 16.9 Å². The van der Waals surface area contributed by atoms with E-state index < -0.39 is 17.7 Å². The first-order valence-electron chi connectivity index (χ1n) is 11.3. The van der Waals surface area contributed by atoms with Gasteiger partial charge in [0.25, 0.3) is 0 Å². The zero-order valence-corrected chi connectivity index (χ0v) is 19.2. The summed E-state index contributed by atoms with van der Waals surface area (Å²) >= 11 is 0. The van der Waals surface area contributed by atoms with Gasteiger partial charge >= 0.3 is 12.1 Å². The Labute approximate surface area is 197 Å². The second-order valence-electron chi connectivity index (χ2n) is 8.24. The Morgan fingerprint density at radius 1 is 1.12 bits per heavy atom. The van der Waals surface area contributed by atoms with Gasteiger partial charge in [-0.05, 0) is 73.2 Å². The Bertz CT molecular complexity index is 1110. The number of hydrogen-bond acceptors (Lipinski definition) is 3. The first-order chi connectivity index (χ1) is 16.2. The van der Waals surface area contributed by atoms with E-state index in [1.807, 2.05) is 31.2 Å². The Morgan fingerprint density at radius 3 is 2.47 bits per heavy atom. The van der Waals surface area contributed by atoms with Crippen molar-refractivity contribution >= 4 is 5.97 Å². The minimum atomic E-state index is -4.39. The predicted octanol–water partition coefficient (Wildman–Crippen LogP) is 7.40. The van der Waals surface area contributed by atoms with Gasteiger partial charge in [0.2, 0.25) is 0 Å². The van der Waals surface area contributed by atoms with E-state index in [0.717, 1.165) is 41.7 Å². The highest BCUT2D eigenvalue weighted by atomic mass is 19.4. The number of carboxylic acid groups (broad SMARTS) is 1. The summed E-state index contributed by atoms with van der Waals surface area (Å²) in [7, 11) is 0. The maximum Gasteiger partial charge on any atom is 0.416 e. The molecule has 3 aromatic rings. The number of carbonyl (C=O) groups is 1. The van der Waals surface area contributed by atoms with Crippen LogP contribution < -0.4 is 4.74 Å². The number of aryl methyl sites for hydroxylation is 2. The summed E-state index contributed by atoms with van der Waals surface area (Å²) in [6, 6.07) is 14.3. The Balaban J connectivity index is 1.90. The number of hydrogen-bond donors (Lipinski definition) is 1. The lowest BCUT2D eigenvalue weighted by atomic mass is 9.97. The van der Waals surface area contributed by atoms with Crippen molar-refractivity contribution in [1.29, 1.82) is 0 Å². The number of nitrogens with zero attached hydrogens (tertiary/aromatic N) is 1. The van der Waals surface area contributed by atoms with E-state index in [-0.39, 0.29) is 12.5 Å². The van der Waals surface area contributed by atoms with Crippen molar-refractivity contribution < 1.29 is 27.8 Å². The third-order valence-electron chi connectivity index (χ3n) is 5.69. The number of carboxylic acids is 1. The molecule has 0 bridgehead atoms. The van der Waals surface area contributed by atoms with E-state index in [2.05, 4.69) is 11.9 Å². The van der Waals surface area contributed by atoms with Crippen LogP contribution in [0.25, 0.3) is 11.1 Å². The topological polar surface area (TPSA) is 59.4 Å². The van der Waals surface area contributed by atoms with Crippen LogP contribution in [0.4, 0.5) is 13.2 Å². The van der Waals surface area contributed by atoms with Gasteiger partial charge in [0.05, 0.1) is 11.3 Å². The van der Waals surface area contributed by atoms with Crippen molar-refractivity contribution in [3.05, 3.63) is 83.2 Å². The maximum absolute atomic E-state index is 13.0. The summed E-state index contributed by atoms with van der Waals surface area (Å²) in [6.45, 7) is 3.99. The first kappa shape index (κ1) is 25.3. The van der Waals surface area contributed by atoms with Crippen LogP contribution in [0.3, 0.4) is 0 Å². The molecule has 1 heterocycles. The molecule has 34 heavy (non-hydrogen) atoms. The molecule has 1 aromatic heterocycles. The largest absolute Gasteiger partial charge is 0.484 e. The summed E-state index contributed by atoms with van der Waals surface area (Å²) in [5, 5.41) is 8.94. The molecule has 0 saturated carbocycles. The van der Waals surface area contributed by atoms with Gasteiger partial charge in [0.1, 0.15) is 11.9 Å². The van der Waals surface area contributed by atoms with Crippen molar-refractivity contribution in [2.45, 2.75) is 58.2 Å². The molecule has 180 valence electrons. The lowest BCUT2D eigenvalue weighted by Gasteiger charge is -2.22. The molecule has 7 heteroatoms. The maximum atomic E-state index is 13.0. The number of rotatable bonds is 10. The van der Waals surface area contributed by atoms with Gasteiger partial charge in [-0.3, -0.25) is 9.78 Å². The molecule has 0 radical (unpaired) electrons. The molecule has 0 saturated heterocycles. The number of benzene rings is 2. The fraction of sp³-hybridized carbons (Fsp3) is 0.333. The fourth-order valence-corrected chi connectivity index (χ4v) is 3.83. The third-order valence-corrected chi connectivity index (χ3v) is 5.69. The average molecular weight is 472 g/mol. The molecule has 0 fully saturated rings. The third kappa shape index (κ3) is 6.59. The van der Waals surface area contributed by atoms with Crippen LogP contribution in [0.5, 0.6) is 5.75 Å². The lowest BCUT2D eigenvalue weighted by molar-refractivity contribution is -0.138. The highest BCUT2D eigenvalue weighted by molar-refractivity contribution is 5.67. The van der Waals surface area contributed by atoms with Gasteiger partial charge in [0, 0.05) is 18.2 Å². The lowest BCUT2D eigenvalue weighted by Crippen LogP contribution is -2.12. The van der Waals surface area contributed by atoms with E-state index in [0.29, 0.717) is 29.8 Å². The van der Waals surface area contributed by atoms with E-state index in [1.165, 1.54) is 12.1 Å². The summed E-state index contributed by atoms with van der Waals surface area (Å²) in [4.78, 5) is 15.4. The monoisotopic (exact) mass is 471 g/mol. The molecule has 3 rings (SSSR count). The fourth-order valence-electron chi connectivity index (χ4n) is 3.83. The summed E-state index contributed by atoms with van der Waals surface area (Å²) in [5.74, 6) is -0.202. The second-order valence-corrected chi connectivity index (χ2v) is 8.24. The molecular formula is C27H28F3NO3. The van der Waals surface area contributed by atoms with Crippen LogP contribution in [0.1, 0.15) is 61.1 Å². The van der Waals surface area contributed by atoms with Crippen molar-refractivity contribution in [1.82, 2.24) is 4.98 Å². The Hall–Kier alpha value is -3.35. The van der Waals surface area contributed by atoms with Gasteiger partial charge in [-0.2, -0.15) is 13.2 Å². The van der Waals surface area contributed by atoms with Crippen molar-refractivity contribution in [3.63, 3.8) is 0 Å². The molecule has 4 nitrogen and oxygen atoms in total. The Kier molecular flexibility index (Phi) is 8.31. The minimum absolute atomic E-state index is 0.0601. The number of alkyl halides is 3. The summed E-state index contributed by atoms with van der Waals surface area (Å²) in [5.41, 5.74) is 3.23. The molecule has 2 aromatic carbocycles. The van der Waals surface area contributed by atoms with Gasteiger partial charge in [0.15, 0.2) is 0 Å². The Morgan fingerprint density at radius 2 is 1.85 bits per heavy atom. The summed E-state index contributed by atoms with van der Waals surface area (Å²) < 4.78 is 45.3. The molecule has 0 unspecified atom stereocenters. The van der Waals surface area contributed by atoms with Crippen LogP contribution in [0, 0.1) is 6.92 Å². The quantitative estimate of drug-likeness (QED) is 0.335. The smallest absolute Gasteiger partial charge is 0.416 e. The number of aliphatic carboxylic acids is 1. The van der Waals surface area contributed by atoms with E-state index >= 15 is 0 Å². The van der Waals surface area contributed by atoms with Crippen LogP contribution in [-0.4, -0.2) is 16.1 Å². The molecule has 0 amide bonds. The van der Waals surface area contributed by atoms with E-state index in [9.17, 15) is 18.0 Å². The van der Waals surface area contributed by atoms with Gasteiger partial charge in [-0.25, -0.2) is 0 Å². The van der Waals surface area contributed by atoms with Crippen LogP contribution in [-0.2, 0) is 17.4 Å². The van der Waals surface area contributed by atoms with Gasteiger partial charge in [-0.1, -0.05) is 37.6 Å². The number of ether oxygens (including phenoxy) is 1. The molecule has 0 aliphatic rings. The number of pyridine rings is 1. The average Bonchev–Trinajstić information content (AvgIpc) is 2.80. The van der Waals surface area contributed by atoms with Crippen LogP contribution in [0.2, 0.25) is 0 Å². The minimum Gasteiger partial charge on any atom is -0.484 e. The van der Waals surface area contributed by atoms with Crippen molar-refractivity contribution in [2.24, 2.45) is 0 Å². The zero-order chi connectivity index (χ0) is 24.7. The highest BCUT2D eigenvalue weighted by Crippen LogP contribution is 2.35. The SMILES string of the molecule is CCCC[C@H](Oc1ccc(CCC(=O)O)c(C)c1)c1ncccc1-c1ccc(C(F)(F)F)cc1. The molecule has 1 N–H and O–H groups in total. The van der Waals surface area contributed by atoms with E-state index in [1.54, 1.807) is 12.3 Å². The van der Waals surface area contributed by atoms with Crippen LogP contribution >= 0.6 is 0 Å². The number of aromatic nitrogens is 1. The molecule has 1 atom stereocenters. The first-order valence-corrected chi connectivity index (χ1v) is 11.3.